The van der Waals surface area contributed by atoms with Gasteiger partial charge in [-0.15, -0.1) is 0 Å². The van der Waals surface area contributed by atoms with Crippen molar-refractivity contribution >= 4 is 44.9 Å². The summed E-state index contributed by atoms with van der Waals surface area (Å²) in [5.74, 6) is 0.213. The standard InChI is InChI=1S/C20H23BrN2O3.C7H12N2O/c21-16-1-2-18-17(12-16)15(13-22(18)7-8-24)11-19(25)23-6-3-20(14-23)4-9-26-10-5-20;1-3-7(10)9-4-6(5-9)8-2/h1-2,8,12-13H,3-7,9-11,14H2;3,6,8H,1,4-5H2,2H3. The number of hydrogen-bond acceptors (Lipinski definition) is 5. The van der Waals surface area contributed by atoms with Crippen LogP contribution in [0.3, 0.4) is 0 Å². The molecule has 2 amide bonds. The molecule has 8 nitrogen and oxygen atoms in total. The number of benzene rings is 1. The second kappa shape index (κ2) is 11.7. The number of nitrogens with one attached hydrogen (secondary N) is 1. The zero-order valence-electron chi connectivity index (χ0n) is 20.9. The summed E-state index contributed by atoms with van der Waals surface area (Å²) >= 11 is 3.51. The van der Waals surface area contributed by atoms with Crippen LogP contribution in [0, 0.1) is 5.41 Å². The average Bonchev–Trinajstić information content (AvgIpc) is 3.41. The van der Waals surface area contributed by atoms with E-state index in [4.69, 9.17) is 4.74 Å². The number of carbonyl (C=O) groups is 3. The maximum atomic E-state index is 12.9. The molecule has 1 spiro atoms. The molecule has 5 rings (SSSR count). The summed E-state index contributed by atoms with van der Waals surface area (Å²) in [6.45, 7) is 8.67. The van der Waals surface area contributed by atoms with Crippen LogP contribution in [0.25, 0.3) is 10.9 Å². The third kappa shape index (κ3) is 5.90. The van der Waals surface area contributed by atoms with Gasteiger partial charge in [0, 0.05) is 67.0 Å². The molecular weight excluding hydrogens is 524 g/mol. The number of likely N-dealkylation sites (N-methyl/N-ethyl adjacent to an activating group) is 1. The molecule has 2 aromatic rings. The lowest BCUT2D eigenvalue weighted by Crippen LogP contribution is -2.58. The lowest BCUT2D eigenvalue weighted by Gasteiger charge is -2.38. The lowest BCUT2D eigenvalue weighted by atomic mass is 9.80. The van der Waals surface area contributed by atoms with Gasteiger partial charge in [-0.25, -0.2) is 0 Å². The Labute approximate surface area is 220 Å². The number of hydrogen-bond donors (Lipinski definition) is 1. The van der Waals surface area contributed by atoms with Gasteiger partial charge in [-0.05, 0) is 61.6 Å². The fourth-order valence-corrected chi connectivity index (χ4v) is 5.68. The van der Waals surface area contributed by atoms with Crippen LogP contribution in [-0.4, -0.2) is 84.9 Å². The first-order valence-electron chi connectivity index (χ1n) is 12.5. The van der Waals surface area contributed by atoms with E-state index in [1.54, 1.807) is 4.90 Å². The number of carbonyl (C=O) groups excluding carboxylic acids is 3. The SMILES string of the molecule is C=CC(=O)N1CC(NC)C1.O=CCn1cc(CC(=O)N2CCC3(CCOCC3)C2)c2cc(Br)ccc21. The summed E-state index contributed by atoms with van der Waals surface area (Å²) in [4.78, 5) is 38.5. The molecule has 0 saturated carbocycles. The van der Waals surface area contributed by atoms with Crippen molar-refractivity contribution in [1.29, 1.82) is 0 Å². The smallest absolute Gasteiger partial charge is 0.246 e. The molecule has 9 heteroatoms. The van der Waals surface area contributed by atoms with Gasteiger partial charge in [0.15, 0.2) is 0 Å². The molecule has 4 heterocycles. The third-order valence-corrected chi connectivity index (χ3v) is 8.15. The van der Waals surface area contributed by atoms with Gasteiger partial charge in [0.05, 0.1) is 13.0 Å². The van der Waals surface area contributed by atoms with E-state index in [0.717, 1.165) is 85.9 Å². The van der Waals surface area contributed by atoms with E-state index in [1.807, 2.05) is 40.9 Å². The van der Waals surface area contributed by atoms with Crippen molar-refractivity contribution in [2.45, 2.75) is 38.3 Å². The number of ether oxygens (including phenoxy) is 1. The van der Waals surface area contributed by atoms with Crippen molar-refractivity contribution in [2.75, 3.05) is 46.4 Å². The van der Waals surface area contributed by atoms with Crippen LogP contribution in [0.4, 0.5) is 0 Å². The molecule has 0 aliphatic carbocycles. The summed E-state index contributed by atoms with van der Waals surface area (Å²) in [6.07, 6.45) is 7.77. The average molecular weight is 560 g/mol. The summed E-state index contributed by atoms with van der Waals surface area (Å²) in [7, 11) is 1.90. The molecule has 1 aromatic carbocycles. The number of fused-ring (bicyclic) bond motifs is 1. The first-order valence-corrected chi connectivity index (χ1v) is 13.3. The van der Waals surface area contributed by atoms with Crippen LogP contribution >= 0.6 is 15.9 Å². The lowest BCUT2D eigenvalue weighted by molar-refractivity contribution is -0.131. The van der Waals surface area contributed by atoms with Crippen LogP contribution in [0.1, 0.15) is 24.8 Å². The van der Waals surface area contributed by atoms with Crippen molar-refractivity contribution in [1.82, 2.24) is 19.7 Å². The fraction of sp³-hybridized carbons (Fsp3) is 0.519. The molecule has 3 aliphatic heterocycles. The quantitative estimate of drug-likeness (QED) is 0.435. The van der Waals surface area contributed by atoms with E-state index in [2.05, 4.69) is 27.8 Å². The van der Waals surface area contributed by atoms with E-state index in [1.165, 1.54) is 6.08 Å². The van der Waals surface area contributed by atoms with E-state index >= 15 is 0 Å². The maximum absolute atomic E-state index is 12.9. The molecule has 36 heavy (non-hydrogen) atoms. The second-order valence-corrected chi connectivity index (χ2v) is 10.8. The van der Waals surface area contributed by atoms with E-state index < -0.39 is 0 Å². The molecule has 1 aromatic heterocycles. The van der Waals surface area contributed by atoms with Crippen molar-refractivity contribution in [3.63, 3.8) is 0 Å². The van der Waals surface area contributed by atoms with Crippen molar-refractivity contribution < 1.29 is 19.1 Å². The second-order valence-electron chi connectivity index (χ2n) is 9.92. The molecule has 3 aliphatic rings. The van der Waals surface area contributed by atoms with E-state index in [0.29, 0.717) is 19.0 Å². The van der Waals surface area contributed by atoms with Gasteiger partial charge < -0.3 is 29.2 Å². The zero-order valence-corrected chi connectivity index (χ0v) is 22.5. The summed E-state index contributed by atoms with van der Waals surface area (Å²) in [5.41, 5.74) is 2.24. The number of aromatic nitrogens is 1. The van der Waals surface area contributed by atoms with Crippen LogP contribution < -0.4 is 5.32 Å². The largest absolute Gasteiger partial charge is 0.381 e. The Hall–Kier alpha value is -2.49. The van der Waals surface area contributed by atoms with Gasteiger partial charge in [0.2, 0.25) is 11.8 Å². The van der Waals surface area contributed by atoms with Gasteiger partial charge in [0.25, 0.3) is 0 Å². The molecule has 3 fully saturated rings. The minimum absolute atomic E-state index is 0.0338. The molecular formula is C27H35BrN4O4. The normalized spacial score (nSPS) is 19.1. The number of halogens is 1. The van der Waals surface area contributed by atoms with Crippen LogP contribution in [0.5, 0.6) is 0 Å². The van der Waals surface area contributed by atoms with Crippen LogP contribution in [0.2, 0.25) is 0 Å². The number of amides is 2. The molecule has 194 valence electrons. The minimum atomic E-state index is 0.0338. The van der Waals surface area contributed by atoms with Crippen molar-refractivity contribution in [2.24, 2.45) is 5.41 Å². The monoisotopic (exact) mass is 558 g/mol. The Bertz CT molecular complexity index is 1120. The van der Waals surface area contributed by atoms with Crippen molar-refractivity contribution in [3.8, 4) is 0 Å². The molecule has 0 bridgehead atoms. The number of likely N-dealkylation sites (tertiary alicyclic amines) is 2. The van der Waals surface area contributed by atoms with Crippen molar-refractivity contribution in [3.05, 3.63) is 47.1 Å². The summed E-state index contributed by atoms with van der Waals surface area (Å²) in [6, 6.07) is 6.47. The predicted molar refractivity (Wildman–Crippen MR) is 143 cm³/mol. The highest BCUT2D eigenvalue weighted by Gasteiger charge is 2.40. The Morgan fingerprint density at radius 2 is 1.97 bits per heavy atom. The first kappa shape index (κ1) is 26.6. The fourth-order valence-electron chi connectivity index (χ4n) is 5.32. The Kier molecular flexibility index (Phi) is 8.64. The highest BCUT2D eigenvalue weighted by Crippen LogP contribution is 2.40. The van der Waals surface area contributed by atoms with Gasteiger partial charge >= 0.3 is 0 Å². The zero-order chi connectivity index (χ0) is 25.7. The summed E-state index contributed by atoms with van der Waals surface area (Å²) < 4.78 is 8.39. The topological polar surface area (TPSA) is 83.9 Å². The third-order valence-electron chi connectivity index (χ3n) is 7.66. The number of rotatable bonds is 6. The van der Waals surface area contributed by atoms with Gasteiger partial charge in [-0.1, -0.05) is 22.5 Å². The maximum Gasteiger partial charge on any atom is 0.246 e. The molecule has 0 atom stereocenters. The number of nitrogens with zero attached hydrogens (tertiary/aromatic N) is 3. The van der Waals surface area contributed by atoms with Gasteiger partial charge in [-0.3, -0.25) is 9.59 Å². The van der Waals surface area contributed by atoms with Gasteiger partial charge in [-0.2, -0.15) is 0 Å². The minimum Gasteiger partial charge on any atom is -0.381 e. The number of aldehydes is 1. The van der Waals surface area contributed by atoms with Crippen LogP contribution in [-0.2, 0) is 32.1 Å². The summed E-state index contributed by atoms with van der Waals surface area (Å²) in [5, 5.41) is 4.12. The molecule has 0 unspecified atom stereocenters. The molecule has 0 radical (unpaired) electrons. The van der Waals surface area contributed by atoms with Crippen LogP contribution in [0.15, 0.2) is 41.5 Å². The van der Waals surface area contributed by atoms with Gasteiger partial charge in [0.1, 0.15) is 6.29 Å². The molecule has 3 saturated heterocycles. The first-order chi connectivity index (χ1) is 17.4. The van der Waals surface area contributed by atoms with E-state index in [-0.39, 0.29) is 17.2 Å². The Balaban J connectivity index is 0.000000256. The Morgan fingerprint density at radius 3 is 2.64 bits per heavy atom. The highest BCUT2D eigenvalue weighted by molar-refractivity contribution is 9.10. The molecule has 1 N–H and O–H groups in total. The highest BCUT2D eigenvalue weighted by atomic mass is 79.9. The Morgan fingerprint density at radius 1 is 1.22 bits per heavy atom. The predicted octanol–water partition coefficient (Wildman–Crippen LogP) is 2.78. The van der Waals surface area contributed by atoms with E-state index in [9.17, 15) is 14.4 Å².